The summed E-state index contributed by atoms with van der Waals surface area (Å²) in [5.41, 5.74) is -2.65. The Hall–Kier alpha value is -3.47. The van der Waals surface area contributed by atoms with E-state index in [1.54, 1.807) is 0 Å². The third-order valence-electron chi connectivity index (χ3n) is 8.15. The number of nitrogens with zero attached hydrogens (tertiary/aromatic N) is 6. The van der Waals surface area contributed by atoms with E-state index in [-0.39, 0.29) is 54.6 Å². The van der Waals surface area contributed by atoms with Crippen molar-refractivity contribution in [3.05, 3.63) is 58.7 Å². The highest BCUT2D eigenvalue weighted by molar-refractivity contribution is 5.85. The number of aryl methyl sites for hydroxylation is 1. The van der Waals surface area contributed by atoms with Crippen molar-refractivity contribution in [1.29, 1.82) is 0 Å². The van der Waals surface area contributed by atoms with Crippen LogP contribution >= 0.6 is 12.4 Å². The zero-order valence-corrected chi connectivity index (χ0v) is 26.9. The van der Waals surface area contributed by atoms with Gasteiger partial charge in [-0.25, -0.2) is 0 Å². The SMILES string of the molecule is CCN(C[C@H]1CC[C@H](CCO)CC1)c1ccc(OC(F)(F)F)cc1CN(Cc1cc(C(F)(F)F)cc(C(F)(F)F)c1)c1nnn(C)n1.Cl. The van der Waals surface area contributed by atoms with Gasteiger partial charge in [0.2, 0.25) is 0 Å². The zero-order chi connectivity index (χ0) is 34.6. The van der Waals surface area contributed by atoms with E-state index in [0.717, 1.165) is 49.0 Å². The molecule has 0 amide bonds. The minimum atomic E-state index is -5.08. The molecule has 1 aliphatic carbocycles. The van der Waals surface area contributed by atoms with Crippen LogP contribution in [0.5, 0.6) is 5.75 Å². The molecule has 1 N–H and O–H groups in total. The van der Waals surface area contributed by atoms with Crippen molar-refractivity contribution in [2.24, 2.45) is 18.9 Å². The van der Waals surface area contributed by atoms with Gasteiger partial charge in [-0.3, -0.25) is 0 Å². The second-order valence-corrected chi connectivity index (χ2v) is 11.6. The van der Waals surface area contributed by atoms with Crippen LogP contribution in [0.1, 0.15) is 61.3 Å². The molecule has 48 heavy (non-hydrogen) atoms. The first-order valence-corrected chi connectivity index (χ1v) is 15.0. The van der Waals surface area contributed by atoms with Gasteiger partial charge < -0.3 is 19.6 Å². The lowest BCUT2D eigenvalue weighted by Crippen LogP contribution is -2.33. The van der Waals surface area contributed by atoms with Crippen LogP contribution in [-0.2, 0) is 32.5 Å². The summed E-state index contributed by atoms with van der Waals surface area (Å²) < 4.78 is 125. The standard InChI is InChI=1S/C30H35F9N6O2.ClH/c1-3-44(16-20-6-4-19(5-7-20)10-11-46)26-9-8-25(47-30(37,38)39)14-22(26)18-45(27-40-42-43(2)41-27)17-21-12-23(28(31,32)33)15-24(13-21)29(34,35)36;/h8-9,12-15,19-20,46H,3-7,10-11,16-18H2,1-2H3;1H/t19-,20-;. The number of halogens is 10. The molecule has 1 heterocycles. The Balaban J connectivity index is 0.00000625. The Morgan fingerprint density at radius 2 is 1.46 bits per heavy atom. The quantitative estimate of drug-likeness (QED) is 0.192. The molecule has 18 heteroatoms. The number of aliphatic hydroxyl groups excluding tert-OH is 1. The van der Waals surface area contributed by atoms with Gasteiger partial charge in [0.1, 0.15) is 5.75 Å². The summed E-state index contributed by atoms with van der Waals surface area (Å²) in [4.78, 5) is 4.25. The second-order valence-electron chi connectivity index (χ2n) is 11.6. The fourth-order valence-corrected chi connectivity index (χ4v) is 5.92. The van der Waals surface area contributed by atoms with E-state index in [4.69, 9.17) is 0 Å². The van der Waals surface area contributed by atoms with E-state index in [9.17, 15) is 44.6 Å². The first-order chi connectivity index (χ1) is 21.9. The smallest absolute Gasteiger partial charge is 0.406 e. The Morgan fingerprint density at radius 3 is 1.96 bits per heavy atom. The first kappa shape index (κ1) is 39.0. The summed E-state index contributed by atoms with van der Waals surface area (Å²) in [6, 6.07) is 4.91. The lowest BCUT2D eigenvalue weighted by molar-refractivity contribution is -0.274. The zero-order valence-electron chi connectivity index (χ0n) is 26.0. The molecule has 1 aromatic heterocycles. The van der Waals surface area contributed by atoms with Crippen molar-refractivity contribution in [2.45, 2.75) is 70.8 Å². The van der Waals surface area contributed by atoms with E-state index in [0.29, 0.717) is 36.8 Å². The summed E-state index contributed by atoms with van der Waals surface area (Å²) in [5, 5.41) is 21.0. The van der Waals surface area contributed by atoms with Crippen molar-refractivity contribution in [3.8, 4) is 5.75 Å². The van der Waals surface area contributed by atoms with Crippen LogP contribution in [-0.4, -0.2) is 51.4 Å². The van der Waals surface area contributed by atoms with E-state index in [2.05, 4.69) is 20.1 Å². The van der Waals surface area contributed by atoms with Crippen molar-refractivity contribution < 1.29 is 49.4 Å². The lowest BCUT2D eigenvalue weighted by atomic mass is 9.80. The van der Waals surface area contributed by atoms with Gasteiger partial charge in [-0.1, -0.05) is 17.9 Å². The highest BCUT2D eigenvalue weighted by Crippen LogP contribution is 2.38. The molecule has 4 rings (SSSR count). The highest BCUT2D eigenvalue weighted by Gasteiger charge is 2.37. The van der Waals surface area contributed by atoms with E-state index >= 15 is 0 Å². The van der Waals surface area contributed by atoms with Crippen LogP contribution < -0.4 is 14.5 Å². The summed E-state index contributed by atoms with van der Waals surface area (Å²) in [7, 11) is 1.40. The van der Waals surface area contributed by atoms with Crippen LogP contribution in [0.25, 0.3) is 0 Å². The highest BCUT2D eigenvalue weighted by atomic mass is 35.5. The topological polar surface area (TPSA) is 79.5 Å². The summed E-state index contributed by atoms with van der Waals surface area (Å²) in [5.74, 6) is -0.0472. The van der Waals surface area contributed by atoms with Gasteiger partial charge in [0.15, 0.2) is 0 Å². The molecular weight excluding hydrogens is 683 g/mol. The average molecular weight is 719 g/mol. The maximum absolute atomic E-state index is 13.6. The number of ether oxygens (including phenoxy) is 1. The predicted octanol–water partition coefficient (Wildman–Crippen LogP) is 7.79. The number of alkyl halides is 9. The molecule has 0 saturated heterocycles. The van der Waals surface area contributed by atoms with Gasteiger partial charge in [-0.2, -0.15) is 31.1 Å². The van der Waals surface area contributed by atoms with Gasteiger partial charge in [-0.15, -0.1) is 30.7 Å². The van der Waals surface area contributed by atoms with Crippen LogP contribution in [0.15, 0.2) is 36.4 Å². The molecule has 1 aliphatic rings. The van der Waals surface area contributed by atoms with Gasteiger partial charge in [0.05, 0.1) is 18.2 Å². The Kier molecular flexibility index (Phi) is 12.9. The predicted molar refractivity (Wildman–Crippen MR) is 161 cm³/mol. The Labute approximate surface area is 277 Å². The minimum Gasteiger partial charge on any atom is -0.406 e. The maximum Gasteiger partial charge on any atom is 0.573 e. The molecule has 0 spiro atoms. The molecule has 1 saturated carbocycles. The number of aliphatic hydroxyl groups is 1. The maximum atomic E-state index is 13.6. The molecule has 0 bridgehead atoms. The first-order valence-electron chi connectivity index (χ1n) is 15.0. The Bertz CT molecular complexity index is 1440. The molecular formula is C30H36ClF9N6O2. The number of rotatable bonds is 12. The number of hydrogen-bond donors (Lipinski definition) is 1. The van der Waals surface area contributed by atoms with Crippen molar-refractivity contribution in [3.63, 3.8) is 0 Å². The molecule has 268 valence electrons. The van der Waals surface area contributed by atoms with Crippen molar-refractivity contribution >= 4 is 24.0 Å². The third-order valence-corrected chi connectivity index (χ3v) is 8.15. The van der Waals surface area contributed by atoms with Gasteiger partial charge in [0, 0.05) is 38.5 Å². The van der Waals surface area contributed by atoms with E-state index in [1.165, 1.54) is 18.0 Å². The third kappa shape index (κ3) is 10.8. The summed E-state index contributed by atoms with van der Waals surface area (Å²) >= 11 is 0. The fourth-order valence-electron chi connectivity index (χ4n) is 5.92. The van der Waals surface area contributed by atoms with Crippen LogP contribution in [0.4, 0.5) is 51.1 Å². The molecule has 8 nitrogen and oxygen atoms in total. The monoisotopic (exact) mass is 718 g/mol. The van der Waals surface area contributed by atoms with Crippen LogP contribution in [0.2, 0.25) is 0 Å². The number of aromatic nitrogens is 4. The molecule has 2 aromatic carbocycles. The second kappa shape index (κ2) is 15.8. The van der Waals surface area contributed by atoms with Crippen molar-refractivity contribution in [1.82, 2.24) is 20.2 Å². The van der Waals surface area contributed by atoms with Crippen LogP contribution in [0.3, 0.4) is 0 Å². The van der Waals surface area contributed by atoms with E-state index < -0.39 is 42.1 Å². The fraction of sp³-hybridized carbons (Fsp3) is 0.567. The molecule has 0 atom stereocenters. The molecule has 3 aromatic rings. The number of anilines is 2. The van der Waals surface area contributed by atoms with Gasteiger partial charge in [-0.05, 0) is 90.8 Å². The summed E-state index contributed by atoms with van der Waals surface area (Å²) in [6.07, 6.45) is -10.8. The normalized spacial score (nSPS) is 17.2. The summed E-state index contributed by atoms with van der Waals surface area (Å²) in [6.45, 7) is 2.11. The largest absolute Gasteiger partial charge is 0.573 e. The molecule has 1 fully saturated rings. The molecule has 0 aliphatic heterocycles. The average Bonchev–Trinajstić information content (AvgIpc) is 3.41. The minimum absolute atomic E-state index is 0. The lowest BCUT2D eigenvalue weighted by Gasteiger charge is -2.35. The Morgan fingerprint density at radius 1 is 0.854 bits per heavy atom. The van der Waals surface area contributed by atoms with Crippen molar-refractivity contribution in [2.75, 3.05) is 29.5 Å². The van der Waals surface area contributed by atoms with E-state index in [1.807, 2.05) is 11.8 Å². The molecule has 0 unspecified atom stereocenters. The number of hydrogen-bond acceptors (Lipinski definition) is 7. The number of tetrazole rings is 1. The molecule has 0 radical (unpaired) electrons. The van der Waals surface area contributed by atoms with Crippen LogP contribution in [0, 0.1) is 11.8 Å². The number of benzene rings is 2. The van der Waals surface area contributed by atoms with Gasteiger partial charge >= 0.3 is 18.7 Å². The van der Waals surface area contributed by atoms with Gasteiger partial charge in [0.25, 0.3) is 5.95 Å².